The van der Waals surface area contributed by atoms with E-state index in [2.05, 4.69) is 28.4 Å². The van der Waals surface area contributed by atoms with Crippen LogP contribution in [0.2, 0.25) is 5.02 Å². The van der Waals surface area contributed by atoms with Crippen LogP contribution in [-0.2, 0) is 17.8 Å². The van der Waals surface area contributed by atoms with Gasteiger partial charge < -0.3 is 9.73 Å². The number of aromatic nitrogens is 3. The van der Waals surface area contributed by atoms with Gasteiger partial charge in [-0.25, -0.2) is 9.67 Å². The highest BCUT2D eigenvalue weighted by Crippen LogP contribution is 2.27. The van der Waals surface area contributed by atoms with Crippen LogP contribution in [0.1, 0.15) is 18.2 Å². The van der Waals surface area contributed by atoms with E-state index in [0.29, 0.717) is 22.9 Å². The SMILES string of the molecule is CCc1oc2ccccc2c1CN(C)CC(=O)Nc1cc(Cl)ccc1-n1cncn1. The third kappa shape index (κ3) is 4.22. The number of carbonyl (C=O) groups excluding carboxylic acids is 1. The first-order chi connectivity index (χ1) is 14.5. The molecule has 154 valence electrons. The van der Waals surface area contributed by atoms with Gasteiger partial charge in [0.1, 0.15) is 24.0 Å². The Hall–Kier alpha value is -3.16. The van der Waals surface area contributed by atoms with Gasteiger partial charge in [-0.05, 0) is 31.3 Å². The molecule has 0 atom stereocenters. The van der Waals surface area contributed by atoms with E-state index < -0.39 is 0 Å². The maximum absolute atomic E-state index is 12.7. The first-order valence-electron chi connectivity index (χ1n) is 9.67. The van der Waals surface area contributed by atoms with E-state index in [1.807, 2.05) is 30.1 Å². The van der Waals surface area contributed by atoms with Gasteiger partial charge in [-0.15, -0.1) is 0 Å². The first kappa shape index (κ1) is 20.1. The van der Waals surface area contributed by atoms with E-state index >= 15 is 0 Å². The Morgan fingerprint density at radius 2 is 2.10 bits per heavy atom. The molecule has 0 radical (unpaired) electrons. The number of anilines is 1. The fourth-order valence-electron chi connectivity index (χ4n) is 3.51. The molecule has 8 heteroatoms. The number of amides is 1. The Kier molecular flexibility index (Phi) is 5.83. The molecule has 1 amide bonds. The number of hydrogen-bond acceptors (Lipinski definition) is 5. The molecular weight excluding hydrogens is 402 g/mol. The third-order valence-corrected chi connectivity index (χ3v) is 5.08. The number of benzene rings is 2. The van der Waals surface area contributed by atoms with Crippen molar-refractivity contribution >= 4 is 34.2 Å². The fraction of sp³-hybridized carbons (Fsp3) is 0.227. The van der Waals surface area contributed by atoms with Crippen molar-refractivity contribution in [2.24, 2.45) is 0 Å². The first-order valence-corrected chi connectivity index (χ1v) is 10.0. The van der Waals surface area contributed by atoms with E-state index in [4.69, 9.17) is 16.0 Å². The van der Waals surface area contributed by atoms with Gasteiger partial charge >= 0.3 is 0 Å². The number of hydrogen-bond donors (Lipinski definition) is 1. The van der Waals surface area contributed by atoms with Gasteiger partial charge in [0, 0.05) is 28.9 Å². The summed E-state index contributed by atoms with van der Waals surface area (Å²) in [6.45, 7) is 2.89. The minimum atomic E-state index is -0.146. The number of nitrogens with zero attached hydrogens (tertiary/aromatic N) is 4. The summed E-state index contributed by atoms with van der Waals surface area (Å²) in [6.07, 6.45) is 3.81. The number of rotatable bonds is 7. The number of carbonyl (C=O) groups is 1. The number of furan rings is 1. The molecule has 4 aromatic rings. The molecule has 4 rings (SSSR count). The molecule has 0 aliphatic heterocycles. The summed E-state index contributed by atoms with van der Waals surface area (Å²) in [5, 5.41) is 8.69. The molecule has 2 aromatic carbocycles. The van der Waals surface area contributed by atoms with Crippen molar-refractivity contribution < 1.29 is 9.21 Å². The summed E-state index contributed by atoms with van der Waals surface area (Å²) in [7, 11) is 1.91. The number of halogens is 1. The second-order valence-corrected chi connectivity index (χ2v) is 7.51. The zero-order chi connectivity index (χ0) is 21.1. The molecule has 1 N–H and O–H groups in total. The quantitative estimate of drug-likeness (QED) is 0.479. The van der Waals surface area contributed by atoms with Crippen LogP contribution < -0.4 is 5.32 Å². The Morgan fingerprint density at radius 1 is 1.27 bits per heavy atom. The van der Waals surface area contributed by atoms with Gasteiger partial charge in [-0.1, -0.05) is 36.7 Å². The van der Waals surface area contributed by atoms with Crippen molar-refractivity contribution in [2.75, 3.05) is 18.9 Å². The maximum Gasteiger partial charge on any atom is 0.238 e. The second-order valence-electron chi connectivity index (χ2n) is 7.08. The molecule has 0 spiro atoms. The van der Waals surface area contributed by atoms with Crippen molar-refractivity contribution in [2.45, 2.75) is 19.9 Å². The van der Waals surface area contributed by atoms with Gasteiger partial charge in [-0.3, -0.25) is 9.69 Å². The van der Waals surface area contributed by atoms with Crippen LogP contribution in [-0.4, -0.2) is 39.2 Å². The van der Waals surface area contributed by atoms with E-state index in [0.717, 1.165) is 28.7 Å². The highest BCUT2D eigenvalue weighted by atomic mass is 35.5. The fourth-order valence-corrected chi connectivity index (χ4v) is 3.68. The minimum Gasteiger partial charge on any atom is -0.461 e. The summed E-state index contributed by atoms with van der Waals surface area (Å²) < 4.78 is 7.55. The van der Waals surface area contributed by atoms with Crippen molar-refractivity contribution in [3.05, 3.63) is 71.5 Å². The Bertz CT molecular complexity index is 1170. The highest BCUT2D eigenvalue weighted by molar-refractivity contribution is 6.31. The van der Waals surface area contributed by atoms with E-state index in [9.17, 15) is 4.79 Å². The van der Waals surface area contributed by atoms with Crippen LogP contribution in [0.4, 0.5) is 5.69 Å². The lowest BCUT2D eigenvalue weighted by Crippen LogP contribution is -2.30. The van der Waals surface area contributed by atoms with Gasteiger partial charge in [0.05, 0.1) is 17.9 Å². The Balaban J connectivity index is 1.49. The molecule has 0 fully saturated rings. The van der Waals surface area contributed by atoms with Crippen LogP contribution in [0.25, 0.3) is 16.7 Å². The molecular formula is C22H22ClN5O2. The summed E-state index contributed by atoms with van der Waals surface area (Å²) in [6, 6.07) is 13.2. The number of fused-ring (bicyclic) bond motifs is 1. The van der Waals surface area contributed by atoms with E-state index in [1.54, 1.807) is 29.2 Å². The predicted molar refractivity (Wildman–Crippen MR) is 117 cm³/mol. The van der Waals surface area contributed by atoms with Crippen molar-refractivity contribution in [1.29, 1.82) is 0 Å². The molecule has 2 heterocycles. The van der Waals surface area contributed by atoms with Crippen molar-refractivity contribution in [1.82, 2.24) is 19.7 Å². The van der Waals surface area contributed by atoms with Gasteiger partial charge in [0.25, 0.3) is 0 Å². The molecule has 30 heavy (non-hydrogen) atoms. The lowest BCUT2D eigenvalue weighted by molar-refractivity contribution is -0.117. The smallest absolute Gasteiger partial charge is 0.238 e. The van der Waals surface area contributed by atoms with Crippen LogP contribution in [0.3, 0.4) is 0 Å². The van der Waals surface area contributed by atoms with E-state index in [-0.39, 0.29) is 12.5 Å². The molecule has 2 aromatic heterocycles. The molecule has 0 aliphatic rings. The standard InChI is InChI=1S/C22H22ClN5O2/c1-3-20-17(16-6-4-5-7-21(16)30-20)11-27(2)12-22(29)26-18-10-15(23)8-9-19(18)28-14-24-13-25-28/h4-10,13-14H,3,11-12H2,1-2H3,(H,26,29). The predicted octanol–water partition coefficient (Wildman–Crippen LogP) is 4.30. The van der Waals surface area contributed by atoms with Crippen LogP contribution in [0, 0.1) is 0 Å². The molecule has 0 saturated heterocycles. The summed E-state index contributed by atoms with van der Waals surface area (Å²) >= 11 is 6.13. The lowest BCUT2D eigenvalue weighted by atomic mass is 10.1. The topological polar surface area (TPSA) is 76.2 Å². The molecule has 0 unspecified atom stereocenters. The van der Waals surface area contributed by atoms with Crippen LogP contribution in [0.15, 0.2) is 59.5 Å². The monoisotopic (exact) mass is 423 g/mol. The van der Waals surface area contributed by atoms with Crippen LogP contribution >= 0.6 is 11.6 Å². The highest BCUT2D eigenvalue weighted by Gasteiger charge is 2.17. The summed E-state index contributed by atoms with van der Waals surface area (Å²) in [4.78, 5) is 18.7. The summed E-state index contributed by atoms with van der Waals surface area (Å²) in [5.41, 5.74) is 3.27. The summed E-state index contributed by atoms with van der Waals surface area (Å²) in [5.74, 6) is 0.804. The Labute approximate surface area is 179 Å². The number of likely N-dealkylation sites (N-methyl/N-ethyl adjacent to an activating group) is 1. The molecule has 7 nitrogen and oxygen atoms in total. The maximum atomic E-state index is 12.7. The zero-order valence-corrected chi connectivity index (χ0v) is 17.6. The Morgan fingerprint density at radius 3 is 2.87 bits per heavy atom. The van der Waals surface area contributed by atoms with Crippen molar-refractivity contribution in [3.8, 4) is 5.69 Å². The average molecular weight is 424 g/mol. The second kappa shape index (κ2) is 8.69. The average Bonchev–Trinajstić information content (AvgIpc) is 3.36. The molecule has 0 aliphatic carbocycles. The largest absolute Gasteiger partial charge is 0.461 e. The number of nitrogens with one attached hydrogen (secondary N) is 1. The van der Waals surface area contributed by atoms with Crippen molar-refractivity contribution in [3.63, 3.8) is 0 Å². The molecule has 0 bridgehead atoms. The van der Waals surface area contributed by atoms with Gasteiger partial charge in [-0.2, -0.15) is 5.10 Å². The third-order valence-electron chi connectivity index (χ3n) is 4.84. The lowest BCUT2D eigenvalue weighted by Gasteiger charge is -2.17. The van der Waals surface area contributed by atoms with Gasteiger partial charge in [0.2, 0.25) is 5.91 Å². The van der Waals surface area contributed by atoms with Crippen LogP contribution in [0.5, 0.6) is 0 Å². The zero-order valence-electron chi connectivity index (χ0n) is 16.8. The van der Waals surface area contributed by atoms with E-state index in [1.165, 1.54) is 6.33 Å². The number of para-hydroxylation sites is 1. The normalized spacial score (nSPS) is 11.3. The molecule has 0 saturated carbocycles. The minimum absolute atomic E-state index is 0.146. The number of aryl methyl sites for hydroxylation is 1. The van der Waals surface area contributed by atoms with Gasteiger partial charge in [0.15, 0.2) is 0 Å².